The molecule has 0 saturated heterocycles. The minimum absolute atomic E-state index is 0.0263. The van der Waals surface area contributed by atoms with Crippen LogP contribution in [-0.2, 0) is 11.2 Å². The lowest BCUT2D eigenvalue weighted by Gasteiger charge is -2.19. The first-order valence-electron chi connectivity index (χ1n) is 6.67. The summed E-state index contributed by atoms with van der Waals surface area (Å²) in [7, 11) is 0. The van der Waals surface area contributed by atoms with Crippen LogP contribution in [0.2, 0.25) is 0 Å². The Bertz CT molecular complexity index is 609. The van der Waals surface area contributed by atoms with Crippen LogP contribution in [0, 0.1) is 5.92 Å². The molecule has 2 atom stereocenters. The van der Waals surface area contributed by atoms with Gasteiger partial charge in [-0.15, -0.1) is 0 Å². The monoisotopic (exact) mass is 338 g/mol. The van der Waals surface area contributed by atoms with Gasteiger partial charge in [-0.2, -0.15) is 0 Å². The second kappa shape index (κ2) is 6.41. The van der Waals surface area contributed by atoms with Gasteiger partial charge in [-0.3, -0.25) is 4.79 Å². The third-order valence-electron chi connectivity index (χ3n) is 3.61. The van der Waals surface area contributed by atoms with E-state index in [9.17, 15) is 4.79 Å². The molecule has 1 amide bonds. The van der Waals surface area contributed by atoms with Crippen LogP contribution >= 0.6 is 15.9 Å². The van der Waals surface area contributed by atoms with Crippen LogP contribution in [0.5, 0.6) is 0 Å². The molecule has 4 nitrogen and oxygen atoms in total. The number of rotatable bonds is 5. The third kappa shape index (κ3) is 3.41. The molecule has 0 bridgehead atoms. The topological polar surface area (TPSA) is 65.1 Å². The zero-order valence-electron chi connectivity index (χ0n) is 11.6. The highest BCUT2D eigenvalue weighted by Gasteiger charge is 2.15. The number of hydrogen-bond donors (Lipinski definition) is 3. The molecular formula is C15H19BrN2O2. The first-order valence-corrected chi connectivity index (χ1v) is 7.46. The van der Waals surface area contributed by atoms with Gasteiger partial charge in [-0.25, -0.2) is 0 Å². The molecule has 0 radical (unpaired) electrons. The van der Waals surface area contributed by atoms with Gasteiger partial charge in [0.1, 0.15) is 0 Å². The highest BCUT2D eigenvalue weighted by atomic mass is 79.9. The number of nitrogens with one attached hydrogen (secondary N) is 2. The number of hydrogen-bond acceptors (Lipinski definition) is 2. The molecule has 1 aromatic heterocycles. The molecule has 108 valence electrons. The summed E-state index contributed by atoms with van der Waals surface area (Å²) in [6.07, 6.45) is 2.21. The van der Waals surface area contributed by atoms with Gasteiger partial charge in [0.2, 0.25) is 5.91 Å². The predicted molar refractivity (Wildman–Crippen MR) is 83.6 cm³/mol. The van der Waals surface area contributed by atoms with Crippen molar-refractivity contribution < 1.29 is 9.90 Å². The summed E-state index contributed by atoms with van der Waals surface area (Å²) in [6, 6.07) is 5.92. The number of aromatic amines is 1. The Balaban J connectivity index is 2.07. The molecule has 2 rings (SSSR count). The third-order valence-corrected chi connectivity index (χ3v) is 4.10. The molecular weight excluding hydrogens is 320 g/mol. The molecule has 0 spiro atoms. The number of aromatic nitrogens is 1. The summed E-state index contributed by atoms with van der Waals surface area (Å²) in [5.74, 6) is 0.0273. The molecule has 5 heteroatoms. The molecule has 0 saturated carbocycles. The Morgan fingerprint density at radius 1 is 1.45 bits per heavy atom. The first-order chi connectivity index (χ1) is 9.51. The van der Waals surface area contributed by atoms with E-state index in [-0.39, 0.29) is 24.5 Å². The maximum absolute atomic E-state index is 12.0. The summed E-state index contributed by atoms with van der Waals surface area (Å²) >= 11 is 3.43. The maximum Gasteiger partial charge on any atom is 0.224 e. The molecule has 2 aromatic rings. The van der Waals surface area contributed by atoms with E-state index in [1.807, 2.05) is 38.2 Å². The summed E-state index contributed by atoms with van der Waals surface area (Å²) in [5.41, 5.74) is 1.99. The zero-order chi connectivity index (χ0) is 14.7. The zero-order valence-corrected chi connectivity index (χ0v) is 13.2. The minimum Gasteiger partial charge on any atom is -0.396 e. The number of H-pyrrole nitrogens is 1. The second-order valence-electron chi connectivity index (χ2n) is 5.20. The van der Waals surface area contributed by atoms with Gasteiger partial charge in [-0.05, 0) is 30.5 Å². The maximum atomic E-state index is 12.0. The SMILES string of the molecule is CC(CO)C(C)NC(=O)Cc1c[nH]c2cc(Br)ccc12. The first kappa shape index (κ1) is 15.1. The Labute approximate surface area is 126 Å². The molecule has 0 aliphatic rings. The summed E-state index contributed by atoms with van der Waals surface area (Å²) in [6.45, 7) is 3.89. The van der Waals surface area contributed by atoms with Gasteiger partial charge in [-0.1, -0.05) is 28.9 Å². The van der Waals surface area contributed by atoms with E-state index < -0.39 is 0 Å². The van der Waals surface area contributed by atoms with Crippen molar-refractivity contribution in [2.45, 2.75) is 26.3 Å². The lowest BCUT2D eigenvalue weighted by atomic mass is 10.0. The van der Waals surface area contributed by atoms with Gasteiger partial charge in [0, 0.05) is 34.2 Å². The summed E-state index contributed by atoms with van der Waals surface area (Å²) in [5, 5.41) is 13.1. The number of carbonyl (C=O) groups is 1. The van der Waals surface area contributed by atoms with Crippen molar-refractivity contribution in [2.75, 3.05) is 6.61 Å². The second-order valence-corrected chi connectivity index (χ2v) is 6.11. The highest BCUT2D eigenvalue weighted by molar-refractivity contribution is 9.10. The molecule has 2 unspecified atom stereocenters. The quantitative estimate of drug-likeness (QED) is 0.784. The molecule has 20 heavy (non-hydrogen) atoms. The number of halogens is 1. The van der Waals surface area contributed by atoms with Crippen molar-refractivity contribution in [3.63, 3.8) is 0 Å². The predicted octanol–water partition coefficient (Wildman–Crippen LogP) is 2.61. The van der Waals surface area contributed by atoms with Crippen LogP contribution in [0.1, 0.15) is 19.4 Å². The van der Waals surface area contributed by atoms with Gasteiger partial charge in [0.15, 0.2) is 0 Å². The van der Waals surface area contributed by atoms with Crippen LogP contribution in [-0.4, -0.2) is 28.6 Å². The minimum atomic E-state index is -0.0353. The van der Waals surface area contributed by atoms with Crippen LogP contribution in [0.25, 0.3) is 10.9 Å². The van der Waals surface area contributed by atoms with Crippen LogP contribution < -0.4 is 5.32 Å². The normalized spacial score (nSPS) is 14.2. The fourth-order valence-corrected chi connectivity index (χ4v) is 2.44. The standard InChI is InChI=1S/C15H19BrN2O2/c1-9(8-19)10(2)18-15(20)5-11-7-17-14-6-12(16)3-4-13(11)14/h3-4,6-7,9-10,17,19H,5,8H2,1-2H3,(H,18,20). The van der Waals surface area contributed by atoms with E-state index in [0.717, 1.165) is 20.9 Å². The fraction of sp³-hybridized carbons (Fsp3) is 0.400. The van der Waals surface area contributed by atoms with E-state index >= 15 is 0 Å². The lowest BCUT2D eigenvalue weighted by molar-refractivity contribution is -0.121. The van der Waals surface area contributed by atoms with Gasteiger partial charge in [0.05, 0.1) is 6.42 Å². The van der Waals surface area contributed by atoms with E-state index in [0.29, 0.717) is 6.42 Å². The summed E-state index contributed by atoms with van der Waals surface area (Å²) < 4.78 is 1.01. The molecule has 0 aliphatic carbocycles. The van der Waals surface area contributed by atoms with Gasteiger partial charge >= 0.3 is 0 Å². The number of carbonyl (C=O) groups excluding carboxylic acids is 1. The number of aliphatic hydroxyl groups excluding tert-OH is 1. The van der Waals surface area contributed by atoms with E-state index in [4.69, 9.17) is 5.11 Å². The highest BCUT2D eigenvalue weighted by Crippen LogP contribution is 2.22. The number of amides is 1. The molecule has 0 aliphatic heterocycles. The van der Waals surface area contributed by atoms with Gasteiger partial charge in [0.25, 0.3) is 0 Å². The molecule has 3 N–H and O–H groups in total. The molecule has 0 fully saturated rings. The van der Waals surface area contributed by atoms with E-state index in [2.05, 4.69) is 26.2 Å². The van der Waals surface area contributed by atoms with Crippen LogP contribution in [0.15, 0.2) is 28.9 Å². The summed E-state index contributed by atoms with van der Waals surface area (Å²) in [4.78, 5) is 15.2. The smallest absolute Gasteiger partial charge is 0.224 e. The number of benzene rings is 1. The van der Waals surface area contributed by atoms with Gasteiger partial charge < -0.3 is 15.4 Å². The molecule has 1 heterocycles. The van der Waals surface area contributed by atoms with E-state index in [1.54, 1.807) is 0 Å². The van der Waals surface area contributed by atoms with Crippen molar-refractivity contribution >= 4 is 32.7 Å². The Morgan fingerprint density at radius 3 is 2.90 bits per heavy atom. The van der Waals surface area contributed by atoms with Crippen molar-refractivity contribution in [3.8, 4) is 0 Å². The van der Waals surface area contributed by atoms with Crippen molar-refractivity contribution in [1.29, 1.82) is 0 Å². The van der Waals surface area contributed by atoms with Crippen molar-refractivity contribution in [1.82, 2.24) is 10.3 Å². The average Bonchev–Trinajstić information content (AvgIpc) is 2.79. The van der Waals surface area contributed by atoms with E-state index in [1.165, 1.54) is 0 Å². The fourth-order valence-electron chi connectivity index (χ4n) is 2.08. The Kier molecular flexibility index (Phi) is 4.83. The van der Waals surface area contributed by atoms with Crippen LogP contribution in [0.4, 0.5) is 0 Å². The number of aliphatic hydroxyl groups is 1. The van der Waals surface area contributed by atoms with Crippen molar-refractivity contribution in [2.24, 2.45) is 5.92 Å². The largest absolute Gasteiger partial charge is 0.396 e. The number of fused-ring (bicyclic) bond motifs is 1. The van der Waals surface area contributed by atoms with Crippen molar-refractivity contribution in [3.05, 3.63) is 34.4 Å². The lowest BCUT2D eigenvalue weighted by Crippen LogP contribution is -2.39. The Morgan fingerprint density at radius 2 is 2.20 bits per heavy atom. The molecule has 1 aromatic carbocycles. The average molecular weight is 339 g/mol. The van der Waals surface area contributed by atoms with Crippen LogP contribution in [0.3, 0.4) is 0 Å². The Hall–Kier alpha value is -1.33.